The van der Waals surface area contributed by atoms with Gasteiger partial charge in [-0.1, -0.05) is 6.92 Å². The Hall–Kier alpha value is -1.38. The first-order chi connectivity index (χ1) is 11.6. The largest absolute Gasteiger partial charge is 0.497 e. The Labute approximate surface area is 167 Å². The molecule has 3 unspecified atom stereocenters. The molecule has 1 saturated carbocycles. The number of guanidine groups is 1. The molecule has 0 spiro atoms. The molecule has 25 heavy (non-hydrogen) atoms. The molecule has 7 heteroatoms. The summed E-state index contributed by atoms with van der Waals surface area (Å²) in [5.41, 5.74) is 1.13. The molecule has 6 nitrogen and oxygen atoms in total. The number of rotatable bonds is 5. The number of hydrogen-bond acceptors (Lipinski definition) is 4. The second-order valence-electron chi connectivity index (χ2n) is 6.68. The van der Waals surface area contributed by atoms with Crippen LogP contribution in [0.25, 0.3) is 0 Å². The Bertz CT molecular complexity index is 588. The van der Waals surface area contributed by atoms with E-state index in [1.807, 2.05) is 13.1 Å². The van der Waals surface area contributed by atoms with Gasteiger partial charge in [0.25, 0.3) is 0 Å². The minimum absolute atomic E-state index is 0. The maximum absolute atomic E-state index is 5.38. The van der Waals surface area contributed by atoms with E-state index in [-0.39, 0.29) is 24.0 Å². The molecular weight excluding hydrogens is 431 g/mol. The zero-order chi connectivity index (χ0) is 17.1. The molecule has 140 valence electrons. The number of halogens is 1. The normalized spacial score (nSPS) is 25.2. The van der Waals surface area contributed by atoms with Crippen molar-refractivity contribution in [3.8, 4) is 11.5 Å². The van der Waals surface area contributed by atoms with Crippen molar-refractivity contribution in [2.45, 2.75) is 31.8 Å². The molecule has 1 aromatic rings. The van der Waals surface area contributed by atoms with Crippen LogP contribution in [-0.2, 0) is 0 Å². The number of hydrogen-bond donors (Lipinski definition) is 2. The summed E-state index contributed by atoms with van der Waals surface area (Å²) in [6.07, 6.45) is 2.32. The van der Waals surface area contributed by atoms with E-state index in [2.05, 4.69) is 39.6 Å². The first kappa shape index (κ1) is 19.9. The predicted octanol–water partition coefficient (Wildman–Crippen LogP) is 2.47. The van der Waals surface area contributed by atoms with Crippen molar-refractivity contribution in [1.29, 1.82) is 0 Å². The fraction of sp³-hybridized carbons (Fsp3) is 0.611. The summed E-state index contributed by atoms with van der Waals surface area (Å²) in [5.74, 6) is 3.31. The Kier molecular flexibility index (Phi) is 7.04. The van der Waals surface area contributed by atoms with Crippen LogP contribution in [0.2, 0.25) is 0 Å². The highest BCUT2D eigenvalue weighted by Gasteiger charge is 2.34. The highest BCUT2D eigenvalue weighted by atomic mass is 127. The molecule has 1 aliphatic heterocycles. The molecule has 3 atom stereocenters. The number of aliphatic imine (C=N–C) groups is 1. The Morgan fingerprint density at radius 3 is 2.32 bits per heavy atom. The van der Waals surface area contributed by atoms with Gasteiger partial charge < -0.3 is 25.0 Å². The van der Waals surface area contributed by atoms with Crippen LogP contribution in [0.5, 0.6) is 11.5 Å². The summed E-state index contributed by atoms with van der Waals surface area (Å²) in [4.78, 5) is 6.71. The van der Waals surface area contributed by atoms with Crippen molar-refractivity contribution in [2.24, 2.45) is 10.9 Å². The molecule has 3 rings (SSSR count). The van der Waals surface area contributed by atoms with Crippen LogP contribution in [0.15, 0.2) is 23.2 Å². The van der Waals surface area contributed by atoms with E-state index in [4.69, 9.17) is 9.47 Å². The molecule has 0 amide bonds. The van der Waals surface area contributed by atoms with Crippen molar-refractivity contribution in [3.63, 3.8) is 0 Å². The standard InChI is InChI=1S/C18H28N4O2.HI/c1-12-7-17(12)21-18(19-2)20-13-5-6-22(11-13)14-8-15(23-3)10-16(9-14)24-4;/h8-10,12-13,17H,5-7,11H2,1-4H3,(H2,19,20,21);1H. The summed E-state index contributed by atoms with van der Waals surface area (Å²) in [6.45, 7) is 4.21. The van der Waals surface area contributed by atoms with Crippen LogP contribution in [0.1, 0.15) is 19.8 Å². The van der Waals surface area contributed by atoms with Gasteiger partial charge in [0.05, 0.1) is 14.2 Å². The molecular formula is C18H29IN4O2. The van der Waals surface area contributed by atoms with E-state index in [9.17, 15) is 0 Å². The smallest absolute Gasteiger partial charge is 0.191 e. The van der Waals surface area contributed by atoms with Gasteiger partial charge in [0.1, 0.15) is 11.5 Å². The van der Waals surface area contributed by atoms with Crippen LogP contribution in [0.4, 0.5) is 5.69 Å². The molecule has 0 bridgehead atoms. The predicted molar refractivity (Wildman–Crippen MR) is 113 cm³/mol. The maximum Gasteiger partial charge on any atom is 0.191 e. The van der Waals surface area contributed by atoms with E-state index in [1.54, 1.807) is 14.2 Å². The molecule has 2 aliphatic rings. The summed E-state index contributed by atoms with van der Waals surface area (Å²) in [7, 11) is 5.20. The summed E-state index contributed by atoms with van der Waals surface area (Å²) >= 11 is 0. The lowest BCUT2D eigenvalue weighted by Crippen LogP contribution is -2.45. The van der Waals surface area contributed by atoms with E-state index in [1.165, 1.54) is 6.42 Å². The average molecular weight is 460 g/mol. The van der Waals surface area contributed by atoms with Gasteiger partial charge in [-0.25, -0.2) is 0 Å². The third-order valence-electron chi connectivity index (χ3n) is 4.89. The van der Waals surface area contributed by atoms with Crippen LogP contribution < -0.4 is 25.0 Å². The number of ether oxygens (including phenoxy) is 2. The number of methoxy groups -OCH3 is 2. The van der Waals surface area contributed by atoms with Gasteiger partial charge in [0.15, 0.2) is 5.96 Å². The van der Waals surface area contributed by atoms with E-state index >= 15 is 0 Å². The third-order valence-corrected chi connectivity index (χ3v) is 4.89. The molecule has 2 fully saturated rings. The van der Waals surface area contributed by atoms with Gasteiger partial charge in [-0.3, -0.25) is 4.99 Å². The van der Waals surface area contributed by atoms with Gasteiger partial charge in [-0.2, -0.15) is 0 Å². The second kappa shape index (κ2) is 8.82. The molecule has 2 N–H and O–H groups in total. The quantitative estimate of drug-likeness (QED) is 0.402. The zero-order valence-electron chi connectivity index (χ0n) is 15.4. The molecule has 1 aromatic carbocycles. The fourth-order valence-corrected chi connectivity index (χ4v) is 3.15. The van der Waals surface area contributed by atoms with Gasteiger partial charge in [0, 0.05) is 56.1 Å². The van der Waals surface area contributed by atoms with Crippen LogP contribution in [-0.4, -0.2) is 52.4 Å². The highest BCUT2D eigenvalue weighted by Crippen LogP contribution is 2.31. The Balaban J connectivity index is 0.00000225. The van der Waals surface area contributed by atoms with E-state index in [0.717, 1.165) is 48.6 Å². The maximum atomic E-state index is 5.38. The molecule has 1 saturated heterocycles. The average Bonchev–Trinajstić information content (AvgIpc) is 3.10. The Morgan fingerprint density at radius 2 is 1.80 bits per heavy atom. The Morgan fingerprint density at radius 1 is 1.16 bits per heavy atom. The second-order valence-corrected chi connectivity index (χ2v) is 6.68. The number of nitrogens with one attached hydrogen (secondary N) is 2. The monoisotopic (exact) mass is 460 g/mol. The lowest BCUT2D eigenvalue weighted by molar-refractivity contribution is 0.394. The first-order valence-electron chi connectivity index (χ1n) is 8.60. The van der Waals surface area contributed by atoms with Crippen molar-refractivity contribution < 1.29 is 9.47 Å². The van der Waals surface area contributed by atoms with E-state index < -0.39 is 0 Å². The minimum atomic E-state index is 0. The third kappa shape index (κ3) is 5.05. The number of anilines is 1. The minimum Gasteiger partial charge on any atom is -0.497 e. The fourth-order valence-electron chi connectivity index (χ4n) is 3.15. The van der Waals surface area contributed by atoms with Crippen molar-refractivity contribution >= 4 is 35.6 Å². The number of benzene rings is 1. The summed E-state index contributed by atoms with van der Waals surface area (Å²) in [5, 5.41) is 7.04. The number of nitrogens with zero attached hydrogens (tertiary/aromatic N) is 2. The molecule has 1 heterocycles. The SMILES string of the molecule is CN=C(NC1CCN(c2cc(OC)cc(OC)c2)C1)NC1CC1C.I. The van der Waals surface area contributed by atoms with Gasteiger partial charge in [-0.15, -0.1) is 24.0 Å². The van der Waals surface area contributed by atoms with Crippen molar-refractivity contribution in [1.82, 2.24) is 10.6 Å². The molecule has 1 aliphatic carbocycles. The van der Waals surface area contributed by atoms with Crippen molar-refractivity contribution in [3.05, 3.63) is 18.2 Å². The van der Waals surface area contributed by atoms with Gasteiger partial charge >= 0.3 is 0 Å². The van der Waals surface area contributed by atoms with Crippen LogP contribution in [0.3, 0.4) is 0 Å². The van der Waals surface area contributed by atoms with E-state index in [0.29, 0.717) is 12.1 Å². The summed E-state index contributed by atoms with van der Waals surface area (Å²) in [6, 6.07) is 6.99. The first-order valence-corrected chi connectivity index (χ1v) is 8.60. The molecule has 0 aromatic heterocycles. The zero-order valence-corrected chi connectivity index (χ0v) is 17.7. The lowest BCUT2D eigenvalue weighted by atomic mass is 10.2. The topological polar surface area (TPSA) is 58.1 Å². The van der Waals surface area contributed by atoms with Crippen LogP contribution >= 0.6 is 24.0 Å². The molecule has 0 radical (unpaired) electrons. The summed E-state index contributed by atoms with van der Waals surface area (Å²) < 4.78 is 10.8. The highest BCUT2D eigenvalue weighted by molar-refractivity contribution is 14.0. The van der Waals surface area contributed by atoms with Crippen LogP contribution in [0, 0.1) is 5.92 Å². The van der Waals surface area contributed by atoms with Crippen molar-refractivity contribution in [2.75, 3.05) is 39.3 Å². The van der Waals surface area contributed by atoms with Gasteiger partial charge in [0.2, 0.25) is 0 Å². The lowest BCUT2D eigenvalue weighted by Gasteiger charge is -2.21. The van der Waals surface area contributed by atoms with Gasteiger partial charge in [-0.05, 0) is 18.8 Å².